The summed E-state index contributed by atoms with van der Waals surface area (Å²) in [6, 6.07) is 5.74. The summed E-state index contributed by atoms with van der Waals surface area (Å²) in [5.74, 6) is -0.172. The highest BCUT2D eigenvalue weighted by atomic mass is 32.2. The van der Waals surface area contributed by atoms with Gasteiger partial charge in [0, 0.05) is 6.92 Å². The summed E-state index contributed by atoms with van der Waals surface area (Å²) < 4.78 is 4.58. The molecule has 0 bridgehead atoms. The van der Waals surface area contributed by atoms with Crippen molar-refractivity contribution in [3.8, 4) is 0 Å². The summed E-state index contributed by atoms with van der Waals surface area (Å²) in [4.78, 5) is 27.1. The predicted octanol–water partition coefficient (Wildman–Crippen LogP) is 3.69. The lowest BCUT2D eigenvalue weighted by molar-refractivity contribution is -0.114. The van der Waals surface area contributed by atoms with Gasteiger partial charge in [0.1, 0.15) is 0 Å². The number of anilines is 1. The fourth-order valence-corrected chi connectivity index (χ4v) is 2.25. The normalized spacial score (nSPS) is 11.0. The first-order valence-electron chi connectivity index (χ1n) is 7.38. The molecule has 0 fully saturated rings. The number of alkyl carbamates (subject to hydrolysis) is 1. The van der Waals surface area contributed by atoms with Gasteiger partial charge in [-0.1, -0.05) is 31.2 Å². The predicted molar refractivity (Wildman–Crippen MR) is 95.5 cm³/mol. The topological polar surface area (TPSA) is 79.8 Å². The van der Waals surface area contributed by atoms with Crippen LogP contribution in [0.5, 0.6) is 0 Å². The van der Waals surface area contributed by atoms with Gasteiger partial charge in [-0.2, -0.15) is 0 Å². The third-order valence-electron chi connectivity index (χ3n) is 3.00. The van der Waals surface area contributed by atoms with Crippen LogP contribution in [-0.2, 0) is 16.0 Å². The van der Waals surface area contributed by atoms with Crippen LogP contribution < -0.4 is 10.6 Å². The quantitative estimate of drug-likeness (QED) is 0.634. The zero-order valence-corrected chi connectivity index (χ0v) is 14.8. The number of aliphatic imine (C=N–C) groups is 1. The molecule has 0 saturated carbocycles. The second-order valence-corrected chi connectivity index (χ2v) is 5.67. The maximum atomic E-state index is 11.3. The Morgan fingerprint density at radius 3 is 2.65 bits per heavy atom. The van der Waals surface area contributed by atoms with Crippen molar-refractivity contribution in [2.24, 2.45) is 4.99 Å². The lowest BCUT2D eigenvalue weighted by Gasteiger charge is -2.11. The van der Waals surface area contributed by atoms with Gasteiger partial charge in [-0.3, -0.25) is 10.1 Å². The van der Waals surface area contributed by atoms with Gasteiger partial charge in [0.25, 0.3) is 0 Å². The Hall–Kier alpha value is -2.02. The minimum Gasteiger partial charge on any atom is -0.453 e. The van der Waals surface area contributed by atoms with Crippen molar-refractivity contribution in [1.82, 2.24) is 5.32 Å². The molecule has 2 N–H and O–H groups in total. The highest BCUT2D eigenvalue weighted by Gasteiger charge is 2.09. The van der Waals surface area contributed by atoms with Crippen molar-refractivity contribution >= 4 is 40.3 Å². The van der Waals surface area contributed by atoms with Crippen molar-refractivity contribution in [1.29, 1.82) is 0 Å². The molecule has 0 aromatic heterocycles. The monoisotopic (exact) mass is 337 g/mol. The Balaban J connectivity index is 3.15. The average molecular weight is 337 g/mol. The Bertz CT molecular complexity index is 588. The number of amides is 2. The molecule has 1 aromatic rings. The van der Waals surface area contributed by atoms with Gasteiger partial charge in [0.15, 0.2) is 5.17 Å². The van der Waals surface area contributed by atoms with Gasteiger partial charge >= 0.3 is 6.09 Å². The SMILES string of the molecule is CCCCc1ccc(NC(C)=O)c(N=C(NC(=O)OC)SC)c1. The van der Waals surface area contributed by atoms with E-state index in [4.69, 9.17) is 0 Å². The summed E-state index contributed by atoms with van der Waals surface area (Å²) >= 11 is 1.29. The van der Waals surface area contributed by atoms with Crippen molar-refractivity contribution in [3.05, 3.63) is 23.8 Å². The van der Waals surface area contributed by atoms with Crippen LogP contribution in [0.1, 0.15) is 32.3 Å². The van der Waals surface area contributed by atoms with Crippen LogP contribution in [0.15, 0.2) is 23.2 Å². The van der Waals surface area contributed by atoms with Crippen molar-refractivity contribution < 1.29 is 14.3 Å². The molecule has 0 spiro atoms. The van der Waals surface area contributed by atoms with E-state index in [0.29, 0.717) is 16.5 Å². The minimum absolute atomic E-state index is 0.172. The molecular formula is C16H23N3O3S. The van der Waals surface area contributed by atoms with E-state index in [0.717, 1.165) is 24.8 Å². The number of nitrogens with zero attached hydrogens (tertiary/aromatic N) is 1. The zero-order chi connectivity index (χ0) is 17.2. The number of thioether (sulfide) groups is 1. The van der Waals surface area contributed by atoms with E-state index in [9.17, 15) is 9.59 Å². The second-order valence-electron chi connectivity index (χ2n) is 4.87. The van der Waals surface area contributed by atoms with Crippen molar-refractivity contribution in [3.63, 3.8) is 0 Å². The number of carbonyl (C=O) groups is 2. The fourth-order valence-electron chi connectivity index (χ4n) is 1.87. The molecule has 0 radical (unpaired) electrons. The van der Waals surface area contributed by atoms with Crippen LogP contribution in [-0.4, -0.2) is 30.5 Å². The molecule has 0 saturated heterocycles. The fraction of sp³-hybridized carbons (Fsp3) is 0.438. The van der Waals surface area contributed by atoms with Crippen LogP contribution in [0.3, 0.4) is 0 Å². The lowest BCUT2D eigenvalue weighted by atomic mass is 10.1. The third-order valence-corrected chi connectivity index (χ3v) is 3.58. The molecule has 1 aromatic carbocycles. The van der Waals surface area contributed by atoms with Crippen LogP contribution in [0.2, 0.25) is 0 Å². The molecule has 1 rings (SSSR count). The van der Waals surface area contributed by atoms with E-state index in [-0.39, 0.29) is 5.91 Å². The molecule has 7 heteroatoms. The van der Waals surface area contributed by atoms with E-state index in [1.165, 1.54) is 25.8 Å². The van der Waals surface area contributed by atoms with Gasteiger partial charge in [-0.05, 0) is 36.8 Å². The number of carbonyl (C=O) groups excluding carboxylic acids is 2. The van der Waals surface area contributed by atoms with Gasteiger partial charge in [-0.15, -0.1) is 0 Å². The zero-order valence-electron chi connectivity index (χ0n) is 13.9. The first-order chi connectivity index (χ1) is 11.0. The van der Waals surface area contributed by atoms with E-state index in [2.05, 4.69) is 27.3 Å². The molecule has 0 aliphatic heterocycles. The molecule has 2 amide bonds. The summed E-state index contributed by atoms with van der Waals surface area (Å²) in [5.41, 5.74) is 2.35. The van der Waals surface area contributed by atoms with Crippen LogP contribution in [0, 0.1) is 0 Å². The highest BCUT2D eigenvalue weighted by molar-refractivity contribution is 8.13. The first kappa shape index (κ1) is 19.0. The smallest absolute Gasteiger partial charge is 0.412 e. The molecule has 0 atom stereocenters. The number of rotatable bonds is 5. The lowest BCUT2D eigenvalue weighted by Crippen LogP contribution is -2.27. The molecule has 0 heterocycles. The average Bonchev–Trinajstić information content (AvgIpc) is 2.53. The van der Waals surface area contributed by atoms with Gasteiger partial charge in [0.05, 0.1) is 18.5 Å². The summed E-state index contributed by atoms with van der Waals surface area (Å²) in [7, 11) is 1.29. The number of amidine groups is 1. The molecular weight excluding hydrogens is 314 g/mol. The summed E-state index contributed by atoms with van der Waals surface area (Å²) in [5, 5.41) is 5.70. The van der Waals surface area contributed by atoms with Gasteiger partial charge in [-0.25, -0.2) is 9.79 Å². The minimum atomic E-state index is -0.582. The van der Waals surface area contributed by atoms with Gasteiger partial charge in [0.2, 0.25) is 5.91 Å². The highest BCUT2D eigenvalue weighted by Crippen LogP contribution is 2.28. The Kier molecular flexibility index (Phi) is 8.18. The van der Waals surface area contributed by atoms with Crippen LogP contribution in [0.4, 0.5) is 16.2 Å². The number of benzene rings is 1. The number of methoxy groups -OCH3 is 1. The van der Waals surface area contributed by atoms with E-state index >= 15 is 0 Å². The van der Waals surface area contributed by atoms with E-state index in [1.807, 2.05) is 18.2 Å². The Morgan fingerprint density at radius 1 is 1.35 bits per heavy atom. The first-order valence-corrected chi connectivity index (χ1v) is 8.60. The number of nitrogens with one attached hydrogen (secondary N) is 2. The van der Waals surface area contributed by atoms with Crippen molar-refractivity contribution in [2.45, 2.75) is 33.1 Å². The maximum absolute atomic E-state index is 11.3. The van der Waals surface area contributed by atoms with E-state index < -0.39 is 6.09 Å². The molecule has 23 heavy (non-hydrogen) atoms. The summed E-state index contributed by atoms with van der Waals surface area (Å²) in [6.07, 6.45) is 4.35. The Labute approximate surface area is 141 Å². The number of hydrogen-bond donors (Lipinski definition) is 2. The molecule has 126 valence electrons. The third kappa shape index (κ3) is 6.73. The number of hydrogen-bond acceptors (Lipinski definition) is 5. The van der Waals surface area contributed by atoms with Crippen LogP contribution in [0.25, 0.3) is 0 Å². The number of aryl methyl sites for hydroxylation is 1. The molecule has 0 unspecified atom stereocenters. The Morgan fingerprint density at radius 2 is 2.09 bits per heavy atom. The number of ether oxygens (including phenoxy) is 1. The summed E-state index contributed by atoms with van der Waals surface area (Å²) in [6.45, 7) is 3.58. The molecule has 0 aliphatic carbocycles. The van der Waals surface area contributed by atoms with Crippen molar-refractivity contribution in [2.75, 3.05) is 18.7 Å². The van der Waals surface area contributed by atoms with Crippen LogP contribution >= 0.6 is 11.8 Å². The largest absolute Gasteiger partial charge is 0.453 e. The molecule has 6 nitrogen and oxygen atoms in total. The standard InChI is InChI=1S/C16H23N3O3S/c1-5-6-7-12-8-9-13(17-11(2)20)14(10-12)18-15(23-4)19-16(21)22-3/h8-10H,5-7H2,1-4H3,(H,17,20)(H,18,19,21). The molecule has 0 aliphatic rings. The van der Waals surface area contributed by atoms with E-state index in [1.54, 1.807) is 6.26 Å². The maximum Gasteiger partial charge on any atom is 0.412 e. The van der Waals surface area contributed by atoms with Gasteiger partial charge < -0.3 is 10.1 Å². The number of unbranched alkanes of at least 4 members (excludes halogenated alkanes) is 1. The second kappa shape index (κ2) is 9.89.